The number of carbonyl (C=O) groups is 3. The Kier molecular flexibility index (Phi) is 7.08. The predicted molar refractivity (Wildman–Crippen MR) is 108 cm³/mol. The molecule has 146 valence electrons. The van der Waals surface area contributed by atoms with Gasteiger partial charge in [0.2, 0.25) is 5.91 Å². The maximum absolute atomic E-state index is 12.2. The average Bonchev–Trinajstić information content (AvgIpc) is 2.72. The Morgan fingerprint density at radius 3 is 2.64 bits per heavy atom. The van der Waals surface area contributed by atoms with E-state index in [9.17, 15) is 14.4 Å². The molecule has 1 heterocycles. The van der Waals surface area contributed by atoms with E-state index in [1.165, 1.54) is 11.8 Å². The minimum Gasteiger partial charge on any atom is -0.456 e. The number of amides is 2. The number of anilines is 1. The van der Waals surface area contributed by atoms with Crippen LogP contribution < -0.4 is 10.2 Å². The molecule has 0 atom stereocenters. The zero-order valence-corrected chi connectivity index (χ0v) is 16.2. The summed E-state index contributed by atoms with van der Waals surface area (Å²) >= 11 is 1.49. The molecule has 0 aromatic heterocycles. The van der Waals surface area contributed by atoms with Crippen molar-refractivity contribution in [3.8, 4) is 0 Å². The van der Waals surface area contributed by atoms with Crippen LogP contribution in [0.4, 0.5) is 5.69 Å². The smallest absolute Gasteiger partial charge is 0.308 e. The highest BCUT2D eigenvalue weighted by molar-refractivity contribution is 8.00. The lowest BCUT2D eigenvalue weighted by atomic mass is 10.1. The van der Waals surface area contributed by atoms with Crippen molar-refractivity contribution in [3.63, 3.8) is 0 Å². The molecule has 0 radical (unpaired) electrons. The molecule has 0 spiro atoms. The third-order valence-electron chi connectivity index (χ3n) is 4.29. The second-order valence-electron chi connectivity index (χ2n) is 6.30. The van der Waals surface area contributed by atoms with E-state index in [0.717, 1.165) is 22.6 Å². The number of hydrogen-bond acceptors (Lipinski definition) is 5. The van der Waals surface area contributed by atoms with E-state index in [1.807, 2.05) is 54.6 Å². The first-order valence-electron chi connectivity index (χ1n) is 9.12. The van der Waals surface area contributed by atoms with Crippen LogP contribution in [-0.2, 0) is 25.5 Å². The van der Waals surface area contributed by atoms with Crippen molar-refractivity contribution in [1.82, 2.24) is 5.32 Å². The summed E-state index contributed by atoms with van der Waals surface area (Å²) in [6, 6.07) is 17.4. The molecule has 6 nitrogen and oxygen atoms in total. The molecular weight excluding hydrogens is 376 g/mol. The van der Waals surface area contributed by atoms with Gasteiger partial charge < -0.3 is 15.0 Å². The molecule has 1 N–H and O–H groups in total. The maximum atomic E-state index is 12.2. The zero-order chi connectivity index (χ0) is 19.8. The lowest BCUT2D eigenvalue weighted by Crippen LogP contribution is -2.37. The van der Waals surface area contributed by atoms with Crippen LogP contribution in [0.5, 0.6) is 0 Å². The Bertz CT molecular complexity index is 841. The highest BCUT2D eigenvalue weighted by Gasteiger charge is 2.24. The highest BCUT2D eigenvalue weighted by atomic mass is 32.2. The van der Waals surface area contributed by atoms with Crippen LogP contribution in [0, 0.1) is 0 Å². The number of hydrogen-bond donors (Lipinski definition) is 1. The molecule has 28 heavy (non-hydrogen) atoms. The van der Waals surface area contributed by atoms with Crippen LogP contribution in [0.25, 0.3) is 0 Å². The van der Waals surface area contributed by atoms with Crippen molar-refractivity contribution in [2.24, 2.45) is 0 Å². The third kappa shape index (κ3) is 5.60. The molecule has 0 unspecified atom stereocenters. The van der Waals surface area contributed by atoms with Gasteiger partial charge in [0, 0.05) is 18.0 Å². The Balaban J connectivity index is 1.38. The number of carbonyl (C=O) groups excluding carboxylic acids is 3. The molecule has 3 rings (SSSR count). The number of nitrogens with one attached hydrogen (secondary N) is 1. The van der Waals surface area contributed by atoms with Gasteiger partial charge in [-0.05, 0) is 24.1 Å². The van der Waals surface area contributed by atoms with Gasteiger partial charge in [0.1, 0.15) is 0 Å². The number of fused-ring (bicyclic) bond motifs is 1. The van der Waals surface area contributed by atoms with Crippen molar-refractivity contribution >= 4 is 35.2 Å². The SMILES string of the molecule is O=C(COC(=O)CCN1C(=O)CSc2ccccc21)NCCc1ccccc1. The number of rotatable bonds is 8. The van der Waals surface area contributed by atoms with Gasteiger partial charge in [0.15, 0.2) is 6.61 Å². The average molecular weight is 398 g/mol. The zero-order valence-electron chi connectivity index (χ0n) is 15.4. The van der Waals surface area contributed by atoms with E-state index < -0.39 is 5.97 Å². The number of nitrogens with zero attached hydrogens (tertiary/aromatic N) is 1. The van der Waals surface area contributed by atoms with E-state index in [2.05, 4.69) is 5.32 Å². The van der Waals surface area contributed by atoms with Gasteiger partial charge in [-0.25, -0.2) is 0 Å². The summed E-state index contributed by atoms with van der Waals surface area (Å²) in [6.07, 6.45) is 0.761. The summed E-state index contributed by atoms with van der Waals surface area (Å²) in [5.74, 6) is -0.507. The summed E-state index contributed by atoms with van der Waals surface area (Å²) in [7, 11) is 0. The fraction of sp³-hybridized carbons (Fsp3) is 0.286. The first-order valence-corrected chi connectivity index (χ1v) is 10.1. The second-order valence-corrected chi connectivity index (χ2v) is 7.32. The molecule has 0 bridgehead atoms. The largest absolute Gasteiger partial charge is 0.456 e. The van der Waals surface area contributed by atoms with Crippen molar-refractivity contribution < 1.29 is 19.1 Å². The summed E-state index contributed by atoms with van der Waals surface area (Å²) in [4.78, 5) is 38.5. The van der Waals surface area contributed by atoms with Gasteiger partial charge in [-0.15, -0.1) is 11.8 Å². The van der Waals surface area contributed by atoms with Crippen LogP contribution in [0.15, 0.2) is 59.5 Å². The first kappa shape index (κ1) is 19.9. The standard InChI is InChI=1S/C21H22N2O4S/c24-19(22-12-10-16-6-2-1-3-7-16)14-27-21(26)11-13-23-17-8-4-5-9-18(17)28-15-20(23)25/h1-9H,10-15H2,(H,22,24). The monoisotopic (exact) mass is 398 g/mol. The Labute approximate surface area is 168 Å². The fourth-order valence-electron chi connectivity index (χ4n) is 2.86. The lowest BCUT2D eigenvalue weighted by Gasteiger charge is -2.28. The molecule has 0 saturated heterocycles. The van der Waals surface area contributed by atoms with Crippen molar-refractivity contribution in [1.29, 1.82) is 0 Å². The number of thioether (sulfide) groups is 1. The number of benzene rings is 2. The van der Waals surface area contributed by atoms with Crippen molar-refractivity contribution in [2.45, 2.75) is 17.7 Å². The summed E-state index contributed by atoms with van der Waals surface area (Å²) in [5, 5.41) is 2.73. The Morgan fingerprint density at radius 1 is 1.07 bits per heavy atom. The molecule has 0 fully saturated rings. The van der Waals surface area contributed by atoms with Gasteiger partial charge in [0.25, 0.3) is 5.91 Å². The number of ether oxygens (including phenoxy) is 1. The van der Waals surface area contributed by atoms with E-state index in [4.69, 9.17) is 4.74 Å². The highest BCUT2D eigenvalue weighted by Crippen LogP contribution is 2.34. The predicted octanol–water partition coefficient (Wildman–Crippen LogP) is 2.42. The van der Waals surface area contributed by atoms with Gasteiger partial charge >= 0.3 is 5.97 Å². The molecule has 7 heteroatoms. The van der Waals surface area contributed by atoms with Crippen LogP contribution in [0.3, 0.4) is 0 Å². The molecule has 0 saturated carbocycles. The van der Waals surface area contributed by atoms with E-state index in [0.29, 0.717) is 12.3 Å². The van der Waals surface area contributed by atoms with Crippen molar-refractivity contribution in [3.05, 3.63) is 60.2 Å². The normalized spacial score (nSPS) is 13.0. The lowest BCUT2D eigenvalue weighted by molar-refractivity contribution is -0.148. The molecule has 2 aromatic carbocycles. The first-order chi connectivity index (χ1) is 13.6. The summed E-state index contributed by atoms with van der Waals surface area (Å²) < 4.78 is 5.03. The quantitative estimate of drug-likeness (QED) is 0.691. The van der Waals surface area contributed by atoms with Crippen LogP contribution in [0.1, 0.15) is 12.0 Å². The minimum atomic E-state index is -0.498. The summed E-state index contributed by atoms with van der Waals surface area (Å²) in [6.45, 7) is 0.413. The molecular formula is C21H22N2O4S. The van der Waals surface area contributed by atoms with Crippen LogP contribution in [-0.4, -0.2) is 43.2 Å². The van der Waals surface area contributed by atoms with E-state index in [-0.39, 0.29) is 31.4 Å². The van der Waals surface area contributed by atoms with E-state index >= 15 is 0 Å². The van der Waals surface area contributed by atoms with Gasteiger partial charge in [-0.2, -0.15) is 0 Å². The Hall–Kier alpha value is -2.80. The second kappa shape index (κ2) is 9.94. The van der Waals surface area contributed by atoms with E-state index in [1.54, 1.807) is 4.90 Å². The van der Waals surface area contributed by atoms with Crippen molar-refractivity contribution in [2.75, 3.05) is 30.3 Å². The third-order valence-corrected chi connectivity index (χ3v) is 5.34. The Morgan fingerprint density at radius 2 is 1.82 bits per heavy atom. The maximum Gasteiger partial charge on any atom is 0.308 e. The number of esters is 1. The van der Waals surface area contributed by atoms with Gasteiger partial charge in [0.05, 0.1) is 17.9 Å². The van der Waals surface area contributed by atoms with Crippen LogP contribution in [0.2, 0.25) is 0 Å². The molecule has 1 aliphatic rings. The fourth-order valence-corrected chi connectivity index (χ4v) is 3.80. The summed E-state index contributed by atoms with van der Waals surface area (Å²) in [5.41, 5.74) is 1.94. The topological polar surface area (TPSA) is 75.7 Å². The van der Waals surface area contributed by atoms with Crippen LogP contribution >= 0.6 is 11.8 Å². The number of para-hydroxylation sites is 1. The minimum absolute atomic E-state index is 0.0323. The molecule has 2 amide bonds. The molecule has 0 aliphatic carbocycles. The van der Waals surface area contributed by atoms with Gasteiger partial charge in [-0.3, -0.25) is 14.4 Å². The molecule has 2 aromatic rings. The molecule has 1 aliphatic heterocycles. The van der Waals surface area contributed by atoms with Gasteiger partial charge in [-0.1, -0.05) is 42.5 Å².